The van der Waals surface area contributed by atoms with Gasteiger partial charge in [-0.25, -0.2) is 0 Å². The molecule has 3 nitrogen and oxygen atoms in total. The van der Waals surface area contributed by atoms with Gasteiger partial charge in [-0.05, 0) is 25.0 Å². The predicted molar refractivity (Wildman–Crippen MR) is 88.1 cm³/mol. The summed E-state index contributed by atoms with van der Waals surface area (Å²) >= 11 is 0. The molecule has 0 spiro atoms. The molecule has 0 N–H and O–H groups in total. The lowest BCUT2D eigenvalue weighted by molar-refractivity contribution is 0.112. The van der Waals surface area contributed by atoms with E-state index < -0.39 is 0 Å². The Morgan fingerprint density at radius 3 is 2.45 bits per heavy atom. The van der Waals surface area contributed by atoms with Gasteiger partial charge in [0.25, 0.3) is 0 Å². The highest BCUT2D eigenvalue weighted by molar-refractivity contribution is 5.85. The number of carbonyl (C=O) groups excluding carboxylic acids is 1. The molecule has 0 bridgehead atoms. The van der Waals surface area contributed by atoms with Crippen molar-refractivity contribution >= 4 is 6.29 Å². The smallest absolute Gasteiger partial charge is 0.153 e. The Morgan fingerprint density at radius 1 is 1.05 bits per heavy atom. The number of aldehydes is 1. The lowest BCUT2D eigenvalue weighted by atomic mass is 10.1. The van der Waals surface area contributed by atoms with Crippen molar-refractivity contribution in [1.82, 2.24) is 9.78 Å². The molecule has 0 atom stereocenters. The van der Waals surface area contributed by atoms with Gasteiger partial charge >= 0.3 is 0 Å². The molecule has 1 aromatic heterocycles. The maximum Gasteiger partial charge on any atom is 0.153 e. The second-order valence-corrected chi connectivity index (χ2v) is 5.54. The maximum absolute atomic E-state index is 11.3. The van der Waals surface area contributed by atoms with Gasteiger partial charge in [-0.15, -0.1) is 0 Å². The number of nitrogens with zero attached hydrogens (tertiary/aromatic N) is 2. The van der Waals surface area contributed by atoms with Gasteiger partial charge in [0, 0.05) is 11.8 Å². The van der Waals surface area contributed by atoms with Crippen LogP contribution in [0.4, 0.5) is 0 Å². The van der Waals surface area contributed by atoms with E-state index in [1.54, 1.807) is 0 Å². The number of hydrogen-bond acceptors (Lipinski definition) is 2. The van der Waals surface area contributed by atoms with Gasteiger partial charge in [0.05, 0.1) is 12.1 Å². The Hall–Kier alpha value is -2.68. The van der Waals surface area contributed by atoms with Gasteiger partial charge in [0.15, 0.2) is 6.29 Å². The number of rotatable bonds is 4. The highest BCUT2D eigenvalue weighted by atomic mass is 16.1. The van der Waals surface area contributed by atoms with Crippen LogP contribution >= 0.6 is 0 Å². The average Bonchev–Trinajstić information content (AvgIpc) is 2.93. The van der Waals surface area contributed by atoms with E-state index in [4.69, 9.17) is 0 Å². The highest BCUT2D eigenvalue weighted by Gasteiger charge is 2.11. The Labute approximate surface area is 130 Å². The summed E-state index contributed by atoms with van der Waals surface area (Å²) in [6.07, 6.45) is 2.69. The molecule has 22 heavy (non-hydrogen) atoms. The van der Waals surface area contributed by atoms with Gasteiger partial charge in [-0.2, -0.15) is 5.10 Å². The van der Waals surface area contributed by atoms with Crippen molar-refractivity contribution in [3.05, 3.63) is 77.0 Å². The molecule has 0 saturated heterocycles. The molecule has 110 valence electrons. The minimum Gasteiger partial charge on any atom is -0.298 e. The zero-order valence-corrected chi connectivity index (χ0v) is 12.8. The van der Waals surface area contributed by atoms with Gasteiger partial charge in [-0.3, -0.25) is 9.48 Å². The molecular weight excluding hydrogens is 272 g/mol. The van der Waals surface area contributed by atoms with Gasteiger partial charge < -0.3 is 0 Å². The van der Waals surface area contributed by atoms with Crippen LogP contribution in [0.25, 0.3) is 11.3 Å². The second-order valence-electron chi connectivity index (χ2n) is 5.54. The van der Waals surface area contributed by atoms with Crippen molar-refractivity contribution in [2.24, 2.45) is 0 Å². The molecule has 0 radical (unpaired) electrons. The lowest BCUT2D eigenvalue weighted by Gasteiger charge is -2.05. The summed E-state index contributed by atoms with van der Waals surface area (Å²) in [7, 11) is 0. The Morgan fingerprint density at radius 2 is 1.77 bits per heavy atom. The fourth-order valence-corrected chi connectivity index (χ4v) is 2.50. The van der Waals surface area contributed by atoms with Gasteiger partial charge in [-0.1, -0.05) is 54.1 Å². The number of benzene rings is 2. The van der Waals surface area contributed by atoms with Crippen LogP contribution in [-0.2, 0) is 6.54 Å². The van der Waals surface area contributed by atoms with Crippen LogP contribution < -0.4 is 0 Å². The zero-order valence-electron chi connectivity index (χ0n) is 12.8. The standard InChI is InChI=1S/C19H18N2O/c1-14-7-9-16(10-8-14)19-18(13-22)12-21(20-19)11-17-6-4-3-5-15(17)2/h3-10,12-13H,11H2,1-2H3. The van der Waals surface area contributed by atoms with Crippen LogP contribution in [0.3, 0.4) is 0 Å². The molecular formula is C19H18N2O. The fraction of sp³-hybridized carbons (Fsp3) is 0.158. The normalized spacial score (nSPS) is 10.6. The third-order valence-corrected chi connectivity index (χ3v) is 3.84. The fourth-order valence-electron chi connectivity index (χ4n) is 2.50. The predicted octanol–water partition coefficient (Wildman–Crippen LogP) is 4.03. The van der Waals surface area contributed by atoms with Crippen molar-refractivity contribution in [1.29, 1.82) is 0 Å². The first-order chi connectivity index (χ1) is 10.7. The number of hydrogen-bond donors (Lipinski definition) is 0. The monoisotopic (exact) mass is 290 g/mol. The Bertz CT molecular complexity index is 801. The van der Waals surface area contributed by atoms with Crippen LogP contribution in [0, 0.1) is 13.8 Å². The first kappa shape index (κ1) is 14.3. The number of aromatic nitrogens is 2. The van der Waals surface area contributed by atoms with Crippen molar-refractivity contribution in [3.8, 4) is 11.3 Å². The summed E-state index contributed by atoms with van der Waals surface area (Å²) in [4.78, 5) is 11.3. The summed E-state index contributed by atoms with van der Waals surface area (Å²) in [5, 5.41) is 4.60. The van der Waals surface area contributed by atoms with E-state index in [0.29, 0.717) is 12.1 Å². The summed E-state index contributed by atoms with van der Waals surface area (Å²) in [6, 6.07) is 16.3. The Balaban J connectivity index is 1.96. The summed E-state index contributed by atoms with van der Waals surface area (Å²) < 4.78 is 1.83. The van der Waals surface area contributed by atoms with E-state index in [2.05, 4.69) is 24.2 Å². The van der Waals surface area contributed by atoms with E-state index in [9.17, 15) is 4.79 Å². The summed E-state index contributed by atoms with van der Waals surface area (Å²) in [6.45, 7) is 4.79. The topological polar surface area (TPSA) is 34.9 Å². The van der Waals surface area contributed by atoms with E-state index in [1.807, 2.05) is 54.2 Å². The van der Waals surface area contributed by atoms with E-state index in [0.717, 1.165) is 17.5 Å². The molecule has 3 heteroatoms. The Kier molecular flexibility index (Phi) is 3.88. The summed E-state index contributed by atoms with van der Waals surface area (Å²) in [5.74, 6) is 0. The van der Waals surface area contributed by atoms with Crippen molar-refractivity contribution < 1.29 is 4.79 Å². The minimum atomic E-state index is 0.623. The maximum atomic E-state index is 11.3. The molecule has 0 aliphatic rings. The van der Waals surface area contributed by atoms with E-state index in [-0.39, 0.29) is 0 Å². The van der Waals surface area contributed by atoms with Crippen molar-refractivity contribution in [3.63, 3.8) is 0 Å². The lowest BCUT2D eigenvalue weighted by Crippen LogP contribution is -2.02. The van der Waals surface area contributed by atoms with Crippen molar-refractivity contribution in [2.75, 3.05) is 0 Å². The van der Waals surface area contributed by atoms with Crippen molar-refractivity contribution in [2.45, 2.75) is 20.4 Å². The molecule has 3 rings (SSSR count). The largest absolute Gasteiger partial charge is 0.298 e. The molecule has 0 aliphatic heterocycles. The molecule has 0 amide bonds. The molecule has 0 fully saturated rings. The van der Waals surface area contributed by atoms with Crippen LogP contribution in [-0.4, -0.2) is 16.1 Å². The first-order valence-electron chi connectivity index (χ1n) is 7.31. The molecule has 3 aromatic rings. The van der Waals surface area contributed by atoms with E-state index >= 15 is 0 Å². The van der Waals surface area contributed by atoms with Gasteiger partial charge in [0.2, 0.25) is 0 Å². The molecule has 0 saturated carbocycles. The quantitative estimate of drug-likeness (QED) is 0.680. The highest BCUT2D eigenvalue weighted by Crippen LogP contribution is 2.22. The zero-order chi connectivity index (χ0) is 15.5. The molecule has 0 unspecified atom stereocenters. The van der Waals surface area contributed by atoms with Crippen LogP contribution in [0.5, 0.6) is 0 Å². The SMILES string of the molecule is Cc1ccc(-c2nn(Cc3ccccc3C)cc2C=O)cc1. The average molecular weight is 290 g/mol. The summed E-state index contributed by atoms with van der Waals surface area (Å²) in [5.41, 5.74) is 5.95. The van der Waals surface area contributed by atoms with Crippen LogP contribution in [0.1, 0.15) is 27.0 Å². The van der Waals surface area contributed by atoms with E-state index in [1.165, 1.54) is 16.7 Å². The third-order valence-electron chi connectivity index (χ3n) is 3.84. The van der Waals surface area contributed by atoms with Crippen LogP contribution in [0.15, 0.2) is 54.7 Å². The molecule has 1 heterocycles. The third kappa shape index (κ3) is 2.84. The second kappa shape index (κ2) is 5.98. The molecule has 2 aromatic carbocycles. The number of carbonyl (C=O) groups is 1. The minimum absolute atomic E-state index is 0.623. The first-order valence-corrected chi connectivity index (χ1v) is 7.31. The number of aryl methyl sites for hydroxylation is 2. The van der Waals surface area contributed by atoms with Crippen LogP contribution in [0.2, 0.25) is 0 Å². The van der Waals surface area contributed by atoms with Gasteiger partial charge in [0.1, 0.15) is 5.69 Å². The molecule has 0 aliphatic carbocycles.